The number of anilines is 1. The van der Waals surface area contributed by atoms with Gasteiger partial charge in [0.05, 0.1) is 24.1 Å². The molecule has 3 aromatic carbocycles. The number of hydrogen-bond acceptors (Lipinski definition) is 3. The molecule has 0 saturated heterocycles. The van der Waals surface area contributed by atoms with Gasteiger partial charge in [0.15, 0.2) is 0 Å². The van der Waals surface area contributed by atoms with Crippen LogP contribution in [-0.2, 0) is 15.7 Å². The number of alkyl halides is 3. The molecule has 0 saturated carbocycles. The number of aromatic nitrogens is 1. The molecule has 1 aliphatic heterocycles. The zero-order chi connectivity index (χ0) is 26.2. The Labute approximate surface area is 211 Å². The molecule has 2 N–H and O–H groups in total. The molecule has 1 aromatic heterocycles. The van der Waals surface area contributed by atoms with Crippen molar-refractivity contribution in [1.29, 1.82) is 0 Å². The third-order valence-electron chi connectivity index (χ3n) is 6.68. The lowest BCUT2D eigenvalue weighted by Crippen LogP contribution is -2.47. The van der Waals surface area contributed by atoms with Crippen LogP contribution in [0.2, 0.25) is 0 Å². The Morgan fingerprint density at radius 3 is 2.43 bits per heavy atom. The van der Waals surface area contributed by atoms with Crippen molar-refractivity contribution in [2.45, 2.75) is 18.1 Å². The van der Waals surface area contributed by atoms with E-state index < -0.39 is 29.6 Å². The molecule has 0 unspecified atom stereocenters. The van der Waals surface area contributed by atoms with Crippen LogP contribution in [0.5, 0.6) is 0 Å². The number of hydrogen-bond donors (Lipinski definition) is 2. The molecule has 37 heavy (non-hydrogen) atoms. The molecule has 0 fully saturated rings. The van der Waals surface area contributed by atoms with Crippen molar-refractivity contribution in [3.8, 4) is 0 Å². The number of aromatic amines is 1. The molecule has 0 spiro atoms. The maximum atomic E-state index is 13.9. The van der Waals surface area contributed by atoms with E-state index in [2.05, 4.69) is 10.3 Å². The molecule has 4 aromatic rings. The van der Waals surface area contributed by atoms with Gasteiger partial charge < -0.3 is 19.9 Å². The van der Waals surface area contributed by atoms with Gasteiger partial charge in [-0.1, -0.05) is 36.4 Å². The average Bonchev–Trinajstić information content (AvgIpc) is 3.31. The fraction of sp³-hybridized carbons (Fsp3) is 0.214. The van der Waals surface area contributed by atoms with E-state index in [-0.39, 0.29) is 24.7 Å². The van der Waals surface area contributed by atoms with Gasteiger partial charge in [-0.25, -0.2) is 0 Å². The number of amides is 2. The second-order valence-electron chi connectivity index (χ2n) is 8.86. The molecule has 6 nitrogen and oxygen atoms in total. The van der Waals surface area contributed by atoms with Crippen molar-refractivity contribution in [2.24, 2.45) is 0 Å². The van der Waals surface area contributed by atoms with Crippen LogP contribution in [0.3, 0.4) is 0 Å². The first-order chi connectivity index (χ1) is 17.8. The molecule has 0 bridgehead atoms. The first-order valence-corrected chi connectivity index (χ1v) is 11.7. The minimum absolute atomic E-state index is 0.221. The average molecular weight is 508 g/mol. The lowest BCUT2D eigenvalue weighted by atomic mass is 9.79. The van der Waals surface area contributed by atoms with Gasteiger partial charge in [0.25, 0.3) is 5.91 Å². The predicted octanol–water partition coefficient (Wildman–Crippen LogP) is 5.75. The normalized spacial score (nSPS) is 17.6. The molecular weight excluding hydrogens is 483 g/mol. The molecule has 2 heterocycles. The number of halogens is 3. The molecule has 0 radical (unpaired) electrons. The summed E-state index contributed by atoms with van der Waals surface area (Å²) in [5.41, 5.74) is 2.01. The van der Waals surface area contributed by atoms with E-state index in [9.17, 15) is 22.8 Å². The number of ether oxygens (including phenoxy) is 1. The van der Waals surface area contributed by atoms with Crippen LogP contribution in [-0.4, -0.2) is 42.0 Å². The van der Waals surface area contributed by atoms with Gasteiger partial charge in [0, 0.05) is 47.6 Å². The van der Waals surface area contributed by atoms with Crippen molar-refractivity contribution in [3.05, 3.63) is 101 Å². The first-order valence-electron chi connectivity index (χ1n) is 11.7. The van der Waals surface area contributed by atoms with Gasteiger partial charge in [-0.15, -0.1) is 0 Å². The van der Waals surface area contributed by atoms with Gasteiger partial charge in [-0.3, -0.25) is 9.59 Å². The lowest BCUT2D eigenvalue weighted by molar-refractivity contribution is -0.137. The zero-order valence-electron chi connectivity index (χ0n) is 19.9. The summed E-state index contributed by atoms with van der Waals surface area (Å²) in [5.74, 6) is -1.48. The number of H-pyrrole nitrogens is 1. The van der Waals surface area contributed by atoms with E-state index in [0.717, 1.165) is 28.6 Å². The predicted molar refractivity (Wildman–Crippen MR) is 133 cm³/mol. The number of nitrogens with one attached hydrogen (secondary N) is 2. The Hall–Kier alpha value is -4.11. The topological polar surface area (TPSA) is 74.4 Å². The summed E-state index contributed by atoms with van der Waals surface area (Å²) in [4.78, 5) is 32.4. The number of benzene rings is 3. The van der Waals surface area contributed by atoms with Crippen LogP contribution in [0.15, 0.2) is 79.0 Å². The maximum Gasteiger partial charge on any atom is 0.416 e. The number of carbonyl (C=O) groups is 2. The highest BCUT2D eigenvalue weighted by atomic mass is 19.4. The molecule has 190 valence electrons. The number of nitrogens with zero attached hydrogens (tertiary/aromatic N) is 1. The third-order valence-corrected chi connectivity index (χ3v) is 6.68. The highest BCUT2D eigenvalue weighted by Gasteiger charge is 2.45. The molecule has 2 atom stereocenters. The van der Waals surface area contributed by atoms with Gasteiger partial charge in [0.2, 0.25) is 5.91 Å². The van der Waals surface area contributed by atoms with Gasteiger partial charge in [-0.05, 0) is 42.0 Å². The van der Waals surface area contributed by atoms with Crippen molar-refractivity contribution in [3.63, 3.8) is 0 Å². The minimum Gasteiger partial charge on any atom is -0.383 e. The first kappa shape index (κ1) is 24.6. The number of para-hydroxylation sites is 1. The Balaban J connectivity index is 1.61. The van der Waals surface area contributed by atoms with Crippen LogP contribution < -0.4 is 5.32 Å². The van der Waals surface area contributed by atoms with E-state index in [1.165, 1.54) is 19.2 Å². The van der Waals surface area contributed by atoms with E-state index in [1.54, 1.807) is 35.4 Å². The highest BCUT2D eigenvalue weighted by molar-refractivity contribution is 6.05. The summed E-state index contributed by atoms with van der Waals surface area (Å²) in [7, 11) is 1.54. The molecule has 2 amide bonds. The maximum absolute atomic E-state index is 13.9. The van der Waals surface area contributed by atoms with Crippen LogP contribution in [0.4, 0.5) is 18.9 Å². The molecular formula is C28H24F3N3O3. The van der Waals surface area contributed by atoms with E-state index in [4.69, 9.17) is 4.74 Å². The van der Waals surface area contributed by atoms with Crippen molar-refractivity contribution < 1.29 is 27.5 Å². The molecule has 9 heteroatoms. The van der Waals surface area contributed by atoms with E-state index in [1.807, 2.05) is 24.3 Å². The Kier molecular flexibility index (Phi) is 6.47. The van der Waals surface area contributed by atoms with Crippen LogP contribution >= 0.6 is 0 Å². The SMILES string of the molecule is COCCN1C(=O)c2ccccc2[C@@H](C(=O)Nc2ccc(C(F)(F)F)cc2)[C@@H]1c1c[nH]c2ccccc12. The Morgan fingerprint density at radius 2 is 1.70 bits per heavy atom. The summed E-state index contributed by atoms with van der Waals surface area (Å²) < 4.78 is 44.3. The zero-order valence-corrected chi connectivity index (χ0v) is 19.9. The Bertz CT molecular complexity index is 1450. The van der Waals surface area contributed by atoms with Crippen LogP contribution in [0, 0.1) is 0 Å². The number of rotatable bonds is 6. The van der Waals surface area contributed by atoms with Crippen LogP contribution in [0.25, 0.3) is 10.9 Å². The molecule has 0 aliphatic carbocycles. The standard InChI is InChI=1S/C28H24F3N3O3/c1-37-15-14-34-25(22-16-32-23-9-5-4-6-19(22)23)24(20-7-2-3-8-21(20)27(34)36)26(35)33-18-12-10-17(11-13-18)28(29,30)31/h2-13,16,24-25,32H,14-15H2,1H3,(H,33,35)/t24-,25+/m1/s1. The van der Waals surface area contributed by atoms with E-state index in [0.29, 0.717) is 11.1 Å². The Morgan fingerprint density at radius 1 is 1.00 bits per heavy atom. The van der Waals surface area contributed by atoms with Gasteiger partial charge in [0.1, 0.15) is 0 Å². The monoisotopic (exact) mass is 507 g/mol. The largest absolute Gasteiger partial charge is 0.416 e. The van der Waals surface area contributed by atoms with Gasteiger partial charge in [-0.2, -0.15) is 13.2 Å². The third kappa shape index (κ3) is 4.58. The van der Waals surface area contributed by atoms with Crippen LogP contribution in [0.1, 0.15) is 39.0 Å². The number of fused-ring (bicyclic) bond motifs is 2. The summed E-state index contributed by atoms with van der Waals surface area (Å²) >= 11 is 0. The molecule has 5 rings (SSSR count). The van der Waals surface area contributed by atoms with Crippen molar-refractivity contribution in [2.75, 3.05) is 25.6 Å². The smallest absolute Gasteiger partial charge is 0.383 e. The van der Waals surface area contributed by atoms with Crippen molar-refractivity contribution in [1.82, 2.24) is 9.88 Å². The summed E-state index contributed by atoms with van der Waals surface area (Å²) in [6, 6.07) is 18.2. The second-order valence-corrected chi connectivity index (χ2v) is 8.86. The van der Waals surface area contributed by atoms with Gasteiger partial charge >= 0.3 is 6.18 Å². The number of carbonyl (C=O) groups excluding carboxylic acids is 2. The summed E-state index contributed by atoms with van der Waals surface area (Å²) in [5, 5.41) is 3.65. The molecule has 1 aliphatic rings. The lowest BCUT2D eigenvalue weighted by Gasteiger charge is -2.41. The number of methoxy groups -OCH3 is 1. The summed E-state index contributed by atoms with van der Waals surface area (Å²) in [6.45, 7) is 0.512. The quantitative estimate of drug-likeness (QED) is 0.349. The fourth-order valence-electron chi connectivity index (χ4n) is 4.96. The van der Waals surface area contributed by atoms with Crippen molar-refractivity contribution >= 4 is 28.4 Å². The minimum atomic E-state index is -4.48. The summed E-state index contributed by atoms with van der Waals surface area (Å²) in [6.07, 6.45) is -2.68. The second kappa shape index (κ2) is 9.74. The van der Waals surface area contributed by atoms with E-state index >= 15 is 0 Å². The highest BCUT2D eigenvalue weighted by Crippen LogP contribution is 2.45. The fourth-order valence-corrected chi connectivity index (χ4v) is 4.96.